The Bertz CT molecular complexity index is 480. The fraction of sp³-hybridized carbons (Fsp3) is 0.385. The molecular weight excluding hydrogens is 218 g/mol. The third-order valence-electron chi connectivity index (χ3n) is 2.82. The summed E-state index contributed by atoms with van der Waals surface area (Å²) < 4.78 is 0. The van der Waals surface area contributed by atoms with E-state index in [-0.39, 0.29) is 11.5 Å². The summed E-state index contributed by atoms with van der Waals surface area (Å²) in [6.07, 6.45) is 0. The lowest BCUT2D eigenvalue weighted by Crippen LogP contribution is -2.30. The number of benzene rings is 1. The van der Waals surface area contributed by atoms with Crippen LogP contribution in [0.25, 0.3) is 0 Å². The van der Waals surface area contributed by atoms with E-state index >= 15 is 0 Å². The molecule has 0 atom stereocenters. The molecule has 0 spiro atoms. The number of carbonyl (C=O) groups is 2. The quantitative estimate of drug-likeness (QED) is 0.769. The minimum Gasteiger partial charge on any atom is -0.545 e. The normalized spacial score (nSPS) is 14.3. The zero-order valence-electron chi connectivity index (χ0n) is 9.90. The highest BCUT2D eigenvalue weighted by Crippen LogP contribution is 2.26. The van der Waals surface area contributed by atoms with Crippen LogP contribution in [0, 0.1) is 5.92 Å². The van der Waals surface area contributed by atoms with Gasteiger partial charge in [0.2, 0.25) is 0 Å². The molecular formula is C13H14NO3-. The Morgan fingerprint density at radius 2 is 2.18 bits per heavy atom. The van der Waals surface area contributed by atoms with Gasteiger partial charge in [0.15, 0.2) is 0 Å². The number of carboxylic acids is 1. The van der Waals surface area contributed by atoms with E-state index in [1.54, 1.807) is 17.0 Å². The minimum atomic E-state index is -1.29. The maximum absolute atomic E-state index is 12.1. The number of hydrogen-bond donors (Lipinski definition) is 0. The van der Waals surface area contributed by atoms with Gasteiger partial charge >= 0.3 is 0 Å². The van der Waals surface area contributed by atoms with Crippen LogP contribution in [0.1, 0.15) is 40.1 Å². The molecule has 0 saturated carbocycles. The summed E-state index contributed by atoms with van der Waals surface area (Å²) in [6.45, 7) is 5.18. The molecule has 2 rings (SSSR count). The van der Waals surface area contributed by atoms with Crippen LogP contribution in [0.5, 0.6) is 0 Å². The van der Waals surface area contributed by atoms with E-state index < -0.39 is 5.97 Å². The van der Waals surface area contributed by atoms with Gasteiger partial charge in [0.1, 0.15) is 0 Å². The highest BCUT2D eigenvalue weighted by atomic mass is 16.4. The van der Waals surface area contributed by atoms with E-state index in [1.165, 1.54) is 6.07 Å². The molecule has 0 unspecified atom stereocenters. The molecule has 0 N–H and O–H groups in total. The summed E-state index contributed by atoms with van der Waals surface area (Å²) >= 11 is 0. The van der Waals surface area contributed by atoms with Crippen LogP contribution in [0.4, 0.5) is 0 Å². The summed E-state index contributed by atoms with van der Waals surface area (Å²) in [4.78, 5) is 24.7. The van der Waals surface area contributed by atoms with Crippen molar-refractivity contribution in [2.24, 2.45) is 5.92 Å². The summed E-state index contributed by atoms with van der Waals surface area (Å²) in [6, 6.07) is 4.86. The molecule has 90 valence electrons. The number of nitrogens with zero attached hydrogens (tertiary/aromatic N) is 1. The zero-order chi connectivity index (χ0) is 12.6. The molecule has 1 aromatic carbocycles. The lowest BCUT2D eigenvalue weighted by molar-refractivity contribution is -0.255. The number of hydrogen-bond acceptors (Lipinski definition) is 3. The fourth-order valence-electron chi connectivity index (χ4n) is 2.18. The van der Waals surface area contributed by atoms with Gasteiger partial charge in [-0.05, 0) is 11.5 Å². The van der Waals surface area contributed by atoms with Gasteiger partial charge < -0.3 is 14.8 Å². The number of carbonyl (C=O) groups excluding carboxylic acids is 2. The van der Waals surface area contributed by atoms with E-state index in [1.807, 2.05) is 13.8 Å². The molecule has 1 amide bonds. The number of fused-ring (bicyclic) bond motifs is 1. The molecule has 0 radical (unpaired) electrons. The van der Waals surface area contributed by atoms with E-state index in [0.29, 0.717) is 24.6 Å². The third kappa shape index (κ3) is 2.02. The Morgan fingerprint density at radius 3 is 2.76 bits per heavy atom. The van der Waals surface area contributed by atoms with E-state index in [4.69, 9.17) is 0 Å². The predicted octanol–water partition coefficient (Wildman–Crippen LogP) is 0.662. The largest absolute Gasteiger partial charge is 0.545 e. The van der Waals surface area contributed by atoms with Gasteiger partial charge in [-0.15, -0.1) is 0 Å². The first-order chi connectivity index (χ1) is 8.00. The average Bonchev–Trinajstić information content (AvgIpc) is 2.55. The van der Waals surface area contributed by atoms with E-state index in [2.05, 4.69) is 0 Å². The summed E-state index contributed by atoms with van der Waals surface area (Å²) in [5, 5.41) is 11.0. The number of amides is 1. The maximum atomic E-state index is 12.1. The van der Waals surface area contributed by atoms with Crippen LogP contribution >= 0.6 is 0 Å². The van der Waals surface area contributed by atoms with Crippen molar-refractivity contribution < 1.29 is 14.7 Å². The predicted molar refractivity (Wildman–Crippen MR) is 60.4 cm³/mol. The number of rotatable bonds is 3. The van der Waals surface area contributed by atoms with Gasteiger partial charge in [-0.3, -0.25) is 4.79 Å². The molecule has 0 bridgehead atoms. The second kappa shape index (κ2) is 4.20. The van der Waals surface area contributed by atoms with Crippen molar-refractivity contribution in [3.05, 3.63) is 34.9 Å². The standard InChI is InChI=1S/C13H15NO3/c1-8(2)6-14-7-9-4-3-5-10(13(16)17)11(9)12(14)15/h3-5,8H,6-7H2,1-2H3,(H,16,17)/p-1. The van der Waals surface area contributed by atoms with Crippen LogP contribution in [0.15, 0.2) is 18.2 Å². The lowest BCUT2D eigenvalue weighted by atomic mass is 10.0. The van der Waals surface area contributed by atoms with Gasteiger partial charge in [0, 0.05) is 18.7 Å². The molecule has 1 aliphatic rings. The van der Waals surface area contributed by atoms with Crippen molar-refractivity contribution in [2.45, 2.75) is 20.4 Å². The molecule has 0 aromatic heterocycles. The smallest absolute Gasteiger partial charge is 0.255 e. The van der Waals surface area contributed by atoms with Crippen molar-refractivity contribution >= 4 is 11.9 Å². The van der Waals surface area contributed by atoms with Crippen LogP contribution in [0.3, 0.4) is 0 Å². The van der Waals surface area contributed by atoms with Gasteiger partial charge in [-0.1, -0.05) is 32.0 Å². The van der Waals surface area contributed by atoms with Gasteiger partial charge in [0.25, 0.3) is 5.91 Å². The van der Waals surface area contributed by atoms with E-state index in [0.717, 1.165) is 5.56 Å². The average molecular weight is 232 g/mol. The van der Waals surface area contributed by atoms with Crippen molar-refractivity contribution in [2.75, 3.05) is 6.54 Å². The summed E-state index contributed by atoms with van der Waals surface area (Å²) in [7, 11) is 0. The second-order valence-electron chi connectivity index (χ2n) is 4.71. The number of carboxylic acid groups (broad SMARTS) is 1. The first-order valence-corrected chi connectivity index (χ1v) is 5.63. The molecule has 0 saturated heterocycles. The first-order valence-electron chi connectivity index (χ1n) is 5.63. The maximum Gasteiger partial charge on any atom is 0.255 e. The van der Waals surface area contributed by atoms with Crippen molar-refractivity contribution in [1.82, 2.24) is 4.90 Å². The monoisotopic (exact) mass is 232 g/mol. The Labute approximate surface area is 99.9 Å². The molecule has 0 fully saturated rings. The highest BCUT2D eigenvalue weighted by molar-refractivity contribution is 6.07. The van der Waals surface area contributed by atoms with E-state index in [9.17, 15) is 14.7 Å². The first kappa shape index (κ1) is 11.6. The van der Waals surface area contributed by atoms with Crippen molar-refractivity contribution in [3.8, 4) is 0 Å². The van der Waals surface area contributed by atoms with Crippen molar-refractivity contribution in [3.63, 3.8) is 0 Å². The Kier molecular flexibility index (Phi) is 2.88. The van der Waals surface area contributed by atoms with Crippen LogP contribution in [-0.2, 0) is 6.54 Å². The zero-order valence-corrected chi connectivity index (χ0v) is 9.90. The molecule has 4 nitrogen and oxygen atoms in total. The molecule has 17 heavy (non-hydrogen) atoms. The second-order valence-corrected chi connectivity index (χ2v) is 4.71. The summed E-state index contributed by atoms with van der Waals surface area (Å²) in [5.41, 5.74) is 1.07. The molecule has 1 aromatic rings. The lowest BCUT2D eigenvalue weighted by Gasteiger charge is -2.18. The van der Waals surface area contributed by atoms with Gasteiger partial charge in [0.05, 0.1) is 11.5 Å². The molecule has 1 aliphatic heterocycles. The Hall–Kier alpha value is -1.84. The van der Waals surface area contributed by atoms with Crippen LogP contribution < -0.4 is 5.11 Å². The van der Waals surface area contributed by atoms with Crippen molar-refractivity contribution in [1.29, 1.82) is 0 Å². The molecule has 0 aliphatic carbocycles. The van der Waals surface area contributed by atoms with Crippen LogP contribution in [0.2, 0.25) is 0 Å². The Balaban J connectivity index is 2.38. The molecule has 4 heteroatoms. The Morgan fingerprint density at radius 1 is 1.47 bits per heavy atom. The van der Waals surface area contributed by atoms with Crippen LogP contribution in [-0.4, -0.2) is 23.3 Å². The minimum absolute atomic E-state index is 0.00115. The third-order valence-corrected chi connectivity index (χ3v) is 2.82. The highest BCUT2D eigenvalue weighted by Gasteiger charge is 2.29. The fourth-order valence-corrected chi connectivity index (χ4v) is 2.18. The van der Waals surface area contributed by atoms with Gasteiger partial charge in [-0.2, -0.15) is 0 Å². The molecule has 1 heterocycles. The number of aromatic carboxylic acids is 1. The summed E-state index contributed by atoms with van der Waals surface area (Å²) in [5.74, 6) is -1.13. The van der Waals surface area contributed by atoms with Gasteiger partial charge in [-0.25, -0.2) is 0 Å². The SMILES string of the molecule is CC(C)CN1Cc2cccc(C(=O)[O-])c2C1=O. The topological polar surface area (TPSA) is 60.4 Å².